The van der Waals surface area contributed by atoms with Crippen molar-refractivity contribution in [3.63, 3.8) is 0 Å². The van der Waals surface area contributed by atoms with E-state index in [0.717, 1.165) is 23.3 Å². The van der Waals surface area contributed by atoms with E-state index >= 15 is 0 Å². The van der Waals surface area contributed by atoms with Gasteiger partial charge in [0.05, 0.1) is 11.2 Å². The molecule has 2 aromatic heterocycles. The highest BCUT2D eigenvalue weighted by atomic mass is 32.1. The summed E-state index contributed by atoms with van der Waals surface area (Å²) in [4.78, 5) is 17.0. The molecular weight excluding hydrogens is 346 g/mol. The maximum atomic E-state index is 12.5. The summed E-state index contributed by atoms with van der Waals surface area (Å²) in [5.74, 6) is -0.206. The molecular formula is C19H17N5OS. The van der Waals surface area contributed by atoms with Crippen LogP contribution in [0.1, 0.15) is 22.8 Å². The highest BCUT2D eigenvalue weighted by molar-refractivity contribution is 7.14. The summed E-state index contributed by atoms with van der Waals surface area (Å²) in [6, 6.07) is 13.5. The van der Waals surface area contributed by atoms with E-state index < -0.39 is 0 Å². The minimum Gasteiger partial charge on any atom is -0.298 e. The number of carbonyl (C=O) groups is 1. The number of hydrogen-bond acceptors (Lipinski definition) is 5. The van der Waals surface area contributed by atoms with Gasteiger partial charge in [0.15, 0.2) is 5.13 Å². The van der Waals surface area contributed by atoms with E-state index in [0.29, 0.717) is 16.2 Å². The van der Waals surface area contributed by atoms with Crippen LogP contribution in [0.15, 0.2) is 47.8 Å². The molecule has 1 N–H and O–H groups in total. The molecule has 4 aromatic rings. The van der Waals surface area contributed by atoms with Gasteiger partial charge in [-0.1, -0.05) is 35.0 Å². The lowest BCUT2D eigenvalue weighted by molar-refractivity contribution is 0.102. The van der Waals surface area contributed by atoms with E-state index in [4.69, 9.17) is 0 Å². The fraction of sp³-hybridized carbons (Fsp3) is 0.158. The number of rotatable bonds is 4. The molecule has 2 heterocycles. The van der Waals surface area contributed by atoms with Crippen molar-refractivity contribution in [2.75, 3.05) is 5.32 Å². The first-order valence-corrected chi connectivity index (χ1v) is 9.19. The number of hydrogen-bond donors (Lipinski definition) is 1. The van der Waals surface area contributed by atoms with Crippen molar-refractivity contribution >= 4 is 33.4 Å². The van der Waals surface area contributed by atoms with Gasteiger partial charge in [-0.15, -0.1) is 16.4 Å². The normalized spacial score (nSPS) is 11.0. The third kappa shape index (κ3) is 3.09. The summed E-state index contributed by atoms with van der Waals surface area (Å²) in [6.45, 7) is 4.79. The molecule has 0 aliphatic heterocycles. The van der Waals surface area contributed by atoms with E-state index in [9.17, 15) is 4.79 Å². The molecule has 1 amide bonds. The minimum atomic E-state index is -0.206. The second-order valence-electron chi connectivity index (χ2n) is 5.97. The van der Waals surface area contributed by atoms with Gasteiger partial charge in [0, 0.05) is 23.1 Å². The Balaban J connectivity index is 1.54. The van der Waals surface area contributed by atoms with Gasteiger partial charge in [0.2, 0.25) is 0 Å². The zero-order chi connectivity index (χ0) is 18.1. The number of amides is 1. The number of nitrogens with one attached hydrogen (secondary N) is 1. The highest BCUT2D eigenvalue weighted by Crippen LogP contribution is 2.25. The highest BCUT2D eigenvalue weighted by Gasteiger charge is 2.12. The maximum absolute atomic E-state index is 12.5. The number of thiazole rings is 1. The Hall–Kier alpha value is -3.06. The van der Waals surface area contributed by atoms with Crippen LogP contribution in [-0.2, 0) is 6.54 Å². The van der Waals surface area contributed by atoms with Crippen LogP contribution in [-0.4, -0.2) is 25.9 Å². The molecule has 0 atom stereocenters. The van der Waals surface area contributed by atoms with Crippen LogP contribution in [0.3, 0.4) is 0 Å². The largest absolute Gasteiger partial charge is 0.298 e. The molecule has 0 radical (unpaired) electrons. The molecule has 26 heavy (non-hydrogen) atoms. The molecule has 130 valence electrons. The lowest BCUT2D eigenvalue weighted by Gasteiger charge is -2.02. The van der Waals surface area contributed by atoms with Gasteiger partial charge in [-0.25, -0.2) is 9.67 Å². The Morgan fingerprint density at radius 2 is 2.00 bits per heavy atom. The van der Waals surface area contributed by atoms with E-state index in [2.05, 4.69) is 20.6 Å². The second kappa shape index (κ2) is 6.68. The standard InChI is InChI=1S/C19H17N5OS/c1-3-24-17-9-8-14(10-15(17)22-23-24)18(25)21-19-20-16(11-26-19)13-6-4-12(2)5-7-13/h4-11H,3H2,1-2H3,(H,20,21,25). The van der Waals surface area contributed by atoms with Gasteiger partial charge in [0.1, 0.15) is 5.52 Å². The minimum absolute atomic E-state index is 0.206. The molecule has 4 rings (SSSR count). The fourth-order valence-corrected chi connectivity index (χ4v) is 3.42. The molecule has 0 saturated carbocycles. The number of fused-ring (bicyclic) bond motifs is 1. The van der Waals surface area contributed by atoms with Crippen molar-refractivity contribution in [1.29, 1.82) is 0 Å². The van der Waals surface area contributed by atoms with Crippen LogP contribution in [0.2, 0.25) is 0 Å². The zero-order valence-corrected chi connectivity index (χ0v) is 15.2. The van der Waals surface area contributed by atoms with Crippen LogP contribution in [0.4, 0.5) is 5.13 Å². The van der Waals surface area contributed by atoms with Crippen molar-refractivity contribution in [3.8, 4) is 11.3 Å². The van der Waals surface area contributed by atoms with Gasteiger partial charge in [-0.05, 0) is 32.0 Å². The fourth-order valence-electron chi connectivity index (χ4n) is 2.70. The van der Waals surface area contributed by atoms with Crippen LogP contribution in [0.5, 0.6) is 0 Å². The number of aryl methyl sites for hydroxylation is 2. The summed E-state index contributed by atoms with van der Waals surface area (Å²) in [7, 11) is 0. The molecule has 0 aliphatic rings. The van der Waals surface area contributed by atoms with Gasteiger partial charge >= 0.3 is 0 Å². The molecule has 0 unspecified atom stereocenters. The summed E-state index contributed by atoms with van der Waals surface area (Å²) in [5, 5.41) is 13.5. The van der Waals surface area contributed by atoms with Crippen molar-refractivity contribution in [3.05, 3.63) is 59.0 Å². The van der Waals surface area contributed by atoms with E-state index in [1.54, 1.807) is 16.8 Å². The zero-order valence-electron chi connectivity index (χ0n) is 14.4. The average Bonchev–Trinajstić information content (AvgIpc) is 3.28. The van der Waals surface area contributed by atoms with Crippen molar-refractivity contribution < 1.29 is 4.79 Å². The van der Waals surface area contributed by atoms with E-state index in [1.807, 2.05) is 49.6 Å². The Labute approximate surface area is 154 Å². The third-order valence-electron chi connectivity index (χ3n) is 4.15. The third-order valence-corrected chi connectivity index (χ3v) is 4.91. The monoisotopic (exact) mass is 363 g/mol. The topological polar surface area (TPSA) is 72.7 Å². The van der Waals surface area contributed by atoms with Gasteiger partial charge in [-0.3, -0.25) is 10.1 Å². The summed E-state index contributed by atoms with van der Waals surface area (Å²) < 4.78 is 1.80. The SMILES string of the molecule is CCn1nnc2cc(C(=O)Nc3nc(-c4ccc(C)cc4)cs3)ccc21. The molecule has 2 aromatic carbocycles. The predicted molar refractivity (Wildman–Crippen MR) is 103 cm³/mol. The van der Waals surface area contributed by atoms with Crippen LogP contribution < -0.4 is 5.32 Å². The van der Waals surface area contributed by atoms with Crippen LogP contribution >= 0.6 is 11.3 Å². The van der Waals surface area contributed by atoms with Gasteiger partial charge in [0.25, 0.3) is 5.91 Å². The van der Waals surface area contributed by atoms with Gasteiger partial charge < -0.3 is 0 Å². The predicted octanol–water partition coefficient (Wildman–Crippen LogP) is 4.14. The second-order valence-corrected chi connectivity index (χ2v) is 6.82. The van der Waals surface area contributed by atoms with Crippen molar-refractivity contribution in [2.24, 2.45) is 0 Å². The quantitative estimate of drug-likeness (QED) is 0.591. The van der Waals surface area contributed by atoms with Gasteiger partial charge in [-0.2, -0.15) is 0 Å². The lowest BCUT2D eigenvalue weighted by Crippen LogP contribution is -2.11. The number of benzene rings is 2. The smallest absolute Gasteiger partial charge is 0.257 e. The number of carbonyl (C=O) groups excluding carboxylic acids is 1. The Morgan fingerprint density at radius 1 is 1.19 bits per heavy atom. The van der Waals surface area contributed by atoms with Crippen LogP contribution in [0, 0.1) is 6.92 Å². The first-order chi connectivity index (χ1) is 12.6. The molecule has 0 fully saturated rings. The molecule has 0 spiro atoms. The van der Waals surface area contributed by atoms with Crippen molar-refractivity contribution in [2.45, 2.75) is 20.4 Å². The molecule has 7 heteroatoms. The van der Waals surface area contributed by atoms with E-state index in [1.165, 1.54) is 16.9 Å². The first-order valence-electron chi connectivity index (χ1n) is 8.31. The number of aromatic nitrogens is 4. The Kier molecular flexibility index (Phi) is 4.22. The number of anilines is 1. The molecule has 6 nitrogen and oxygen atoms in total. The summed E-state index contributed by atoms with van der Waals surface area (Å²) >= 11 is 1.41. The lowest BCUT2D eigenvalue weighted by atomic mass is 10.1. The molecule has 0 aliphatic carbocycles. The maximum Gasteiger partial charge on any atom is 0.257 e. The summed E-state index contributed by atoms with van der Waals surface area (Å²) in [5.41, 5.74) is 5.25. The number of nitrogens with zero attached hydrogens (tertiary/aromatic N) is 4. The molecule has 0 saturated heterocycles. The Bertz CT molecular complexity index is 1080. The molecule has 0 bridgehead atoms. The van der Waals surface area contributed by atoms with E-state index in [-0.39, 0.29) is 5.91 Å². The van der Waals surface area contributed by atoms with Crippen LogP contribution in [0.25, 0.3) is 22.3 Å². The summed E-state index contributed by atoms with van der Waals surface area (Å²) in [6.07, 6.45) is 0. The Morgan fingerprint density at radius 3 is 2.77 bits per heavy atom. The average molecular weight is 363 g/mol. The van der Waals surface area contributed by atoms with Crippen molar-refractivity contribution in [1.82, 2.24) is 20.0 Å². The first kappa shape index (κ1) is 16.4.